The van der Waals surface area contributed by atoms with Crippen LogP contribution in [0, 0.1) is 12.7 Å². The molecule has 160 valence electrons. The highest BCUT2D eigenvalue weighted by atomic mass is 19.1. The van der Waals surface area contributed by atoms with E-state index in [4.69, 9.17) is 4.84 Å². The Balaban J connectivity index is 1.63. The van der Waals surface area contributed by atoms with Crippen molar-refractivity contribution in [3.05, 3.63) is 46.5 Å². The molecule has 1 atom stereocenters. The van der Waals surface area contributed by atoms with E-state index in [-0.39, 0.29) is 30.3 Å². The van der Waals surface area contributed by atoms with Crippen LogP contribution in [0.2, 0.25) is 0 Å². The Labute approximate surface area is 174 Å². The maximum Gasteiger partial charge on any atom is 0.322 e. The molecule has 4 rings (SSSR count). The number of benzene rings is 1. The summed E-state index contributed by atoms with van der Waals surface area (Å²) in [5.41, 5.74) is 2.43. The van der Waals surface area contributed by atoms with Gasteiger partial charge in [0.25, 0.3) is 5.91 Å². The molecule has 3 amide bonds. The fourth-order valence-electron chi connectivity index (χ4n) is 4.09. The lowest BCUT2D eigenvalue weighted by Gasteiger charge is -2.33. The van der Waals surface area contributed by atoms with E-state index in [1.807, 2.05) is 20.8 Å². The van der Waals surface area contributed by atoms with Gasteiger partial charge in [0, 0.05) is 30.8 Å². The average molecular weight is 415 g/mol. The number of hydroxylamine groups is 2. The average Bonchev–Trinajstić information content (AvgIpc) is 2.94. The summed E-state index contributed by atoms with van der Waals surface area (Å²) in [5, 5.41) is 8.74. The first-order valence-electron chi connectivity index (χ1n) is 9.95. The zero-order valence-corrected chi connectivity index (χ0v) is 17.8. The number of rotatable bonds is 1. The molecule has 0 bridgehead atoms. The van der Waals surface area contributed by atoms with Gasteiger partial charge in [0.15, 0.2) is 0 Å². The highest BCUT2D eigenvalue weighted by Crippen LogP contribution is 2.31. The zero-order valence-electron chi connectivity index (χ0n) is 17.8. The lowest BCUT2D eigenvalue weighted by molar-refractivity contribution is -0.190. The molecule has 2 aliphatic rings. The van der Waals surface area contributed by atoms with Crippen LogP contribution in [0.15, 0.2) is 18.2 Å². The Morgan fingerprint density at radius 3 is 2.80 bits per heavy atom. The van der Waals surface area contributed by atoms with Crippen molar-refractivity contribution in [1.82, 2.24) is 19.7 Å². The van der Waals surface area contributed by atoms with Crippen LogP contribution in [-0.2, 0) is 24.3 Å². The molecule has 1 unspecified atom stereocenters. The molecule has 1 N–H and O–H groups in total. The van der Waals surface area contributed by atoms with Gasteiger partial charge < -0.3 is 10.2 Å². The third-order valence-electron chi connectivity index (χ3n) is 5.56. The number of nitrogens with one attached hydrogen (secondary N) is 1. The smallest absolute Gasteiger partial charge is 0.317 e. The maximum atomic E-state index is 13.5. The number of amides is 3. The highest BCUT2D eigenvalue weighted by Gasteiger charge is 2.39. The standard InChI is InChI=1S/C21H26FN5O3/c1-12-8-14(6-7-16(12)22)23-20(29)26-10-15-17(9-13(26)2)24-27-11-21(3,4)30-25(5)19(28)18(15)27/h6-8,13H,9-11H2,1-5H3,(H,23,29). The number of carbonyl (C=O) groups excluding carboxylic acids is 2. The second-order valence-electron chi connectivity index (χ2n) is 8.66. The van der Waals surface area contributed by atoms with Gasteiger partial charge in [-0.3, -0.25) is 14.3 Å². The van der Waals surface area contributed by atoms with E-state index < -0.39 is 5.60 Å². The van der Waals surface area contributed by atoms with E-state index in [0.717, 1.165) is 11.3 Å². The number of aromatic nitrogens is 2. The molecule has 9 heteroatoms. The summed E-state index contributed by atoms with van der Waals surface area (Å²) in [6.45, 7) is 8.09. The summed E-state index contributed by atoms with van der Waals surface area (Å²) in [6, 6.07) is 4.05. The number of urea groups is 1. The summed E-state index contributed by atoms with van der Waals surface area (Å²) < 4.78 is 15.2. The molecular weight excluding hydrogens is 389 g/mol. The van der Waals surface area contributed by atoms with E-state index in [2.05, 4.69) is 10.4 Å². The topological polar surface area (TPSA) is 79.7 Å². The Hall–Kier alpha value is -2.94. The lowest BCUT2D eigenvalue weighted by Crippen LogP contribution is -2.45. The third-order valence-corrected chi connectivity index (χ3v) is 5.56. The molecule has 1 aromatic heterocycles. The van der Waals surface area contributed by atoms with Crippen LogP contribution < -0.4 is 5.32 Å². The number of fused-ring (bicyclic) bond motifs is 3. The predicted molar refractivity (Wildman–Crippen MR) is 108 cm³/mol. The monoisotopic (exact) mass is 415 g/mol. The van der Waals surface area contributed by atoms with Gasteiger partial charge in [-0.15, -0.1) is 0 Å². The number of halogens is 1. The fraction of sp³-hybridized carbons (Fsp3) is 0.476. The van der Waals surface area contributed by atoms with Crippen LogP contribution in [0.4, 0.5) is 14.9 Å². The molecule has 0 aliphatic carbocycles. The first-order chi connectivity index (χ1) is 14.1. The number of nitrogens with zero attached hydrogens (tertiary/aromatic N) is 4. The minimum Gasteiger partial charge on any atom is -0.317 e. The van der Waals surface area contributed by atoms with Crippen LogP contribution in [0.3, 0.4) is 0 Å². The van der Waals surface area contributed by atoms with Crippen LogP contribution in [-0.4, -0.2) is 50.4 Å². The van der Waals surface area contributed by atoms with E-state index in [1.165, 1.54) is 17.2 Å². The van der Waals surface area contributed by atoms with Crippen molar-refractivity contribution < 1.29 is 18.8 Å². The molecule has 0 saturated heterocycles. The van der Waals surface area contributed by atoms with Crippen molar-refractivity contribution in [2.24, 2.45) is 0 Å². The number of anilines is 1. The number of hydrogen-bond donors (Lipinski definition) is 1. The fourth-order valence-corrected chi connectivity index (χ4v) is 4.09. The summed E-state index contributed by atoms with van der Waals surface area (Å²) in [5.74, 6) is -0.599. The van der Waals surface area contributed by atoms with E-state index in [9.17, 15) is 14.0 Å². The van der Waals surface area contributed by atoms with Gasteiger partial charge in [0.1, 0.15) is 17.1 Å². The van der Waals surface area contributed by atoms with E-state index in [0.29, 0.717) is 29.9 Å². The molecule has 0 radical (unpaired) electrons. The van der Waals surface area contributed by atoms with Gasteiger partial charge in [-0.25, -0.2) is 14.2 Å². The van der Waals surface area contributed by atoms with Gasteiger partial charge in [0.05, 0.1) is 18.8 Å². The highest BCUT2D eigenvalue weighted by molar-refractivity contribution is 5.94. The first kappa shape index (κ1) is 20.3. The van der Waals surface area contributed by atoms with Gasteiger partial charge in [0.2, 0.25) is 0 Å². The largest absolute Gasteiger partial charge is 0.322 e. The third kappa shape index (κ3) is 3.54. The minimum atomic E-state index is -0.590. The molecule has 30 heavy (non-hydrogen) atoms. The molecule has 3 heterocycles. The van der Waals surface area contributed by atoms with E-state index >= 15 is 0 Å². The van der Waals surface area contributed by atoms with Gasteiger partial charge in [-0.2, -0.15) is 5.10 Å². The Morgan fingerprint density at radius 1 is 1.37 bits per heavy atom. The summed E-state index contributed by atoms with van der Waals surface area (Å²) in [6.07, 6.45) is 0.545. The minimum absolute atomic E-state index is 0.102. The van der Waals surface area contributed by atoms with E-state index in [1.54, 1.807) is 29.6 Å². The molecular formula is C21H26FN5O3. The normalized spacial score (nSPS) is 20.5. The summed E-state index contributed by atoms with van der Waals surface area (Å²) in [4.78, 5) is 33.3. The second-order valence-corrected chi connectivity index (χ2v) is 8.66. The SMILES string of the molecule is Cc1cc(NC(=O)N2Cc3c(nn4c3C(=O)N(C)OC(C)(C)C4)CC2C)ccc1F. The molecule has 2 aliphatic heterocycles. The van der Waals surface area contributed by atoms with Crippen molar-refractivity contribution in [1.29, 1.82) is 0 Å². The lowest BCUT2D eigenvalue weighted by atomic mass is 9.99. The molecule has 2 aromatic rings. The Kier molecular flexibility index (Phi) is 4.80. The van der Waals surface area contributed by atoms with Gasteiger partial charge in [-0.1, -0.05) is 0 Å². The quantitative estimate of drug-likeness (QED) is 0.776. The maximum absolute atomic E-state index is 13.5. The molecule has 0 saturated carbocycles. The number of carbonyl (C=O) groups is 2. The first-order valence-corrected chi connectivity index (χ1v) is 9.95. The van der Waals surface area contributed by atoms with Gasteiger partial charge in [-0.05, 0) is 51.5 Å². The molecule has 1 aromatic carbocycles. The van der Waals surface area contributed by atoms with Crippen molar-refractivity contribution in [3.63, 3.8) is 0 Å². The molecule has 8 nitrogen and oxygen atoms in total. The van der Waals surface area contributed by atoms with Crippen LogP contribution >= 0.6 is 0 Å². The van der Waals surface area contributed by atoms with Crippen molar-refractivity contribution in [2.75, 3.05) is 12.4 Å². The Bertz CT molecular complexity index is 1030. The van der Waals surface area contributed by atoms with Crippen LogP contribution in [0.1, 0.15) is 48.1 Å². The molecule has 0 fully saturated rings. The van der Waals surface area contributed by atoms with Crippen molar-refractivity contribution in [2.45, 2.75) is 58.8 Å². The zero-order chi connectivity index (χ0) is 21.8. The summed E-state index contributed by atoms with van der Waals surface area (Å²) >= 11 is 0. The summed E-state index contributed by atoms with van der Waals surface area (Å²) in [7, 11) is 1.59. The Morgan fingerprint density at radius 2 is 2.10 bits per heavy atom. The van der Waals surface area contributed by atoms with Gasteiger partial charge >= 0.3 is 6.03 Å². The second kappa shape index (κ2) is 7.09. The molecule has 0 spiro atoms. The van der Waals surface area contributed by atoms with Crippen LogP contribution in [0.25, 0.3) is 0 Å². The number of aryl methyl sites for hydroxylation is 1. The van der Waals surface area contributed by atoms with Crippen LogP contribution in [0.5, 0.6) is 0 Å². The predicted octanol–water partition coefficient (Wildman–Crippen LogP) is 3.11. The number of hydrogen-bond acceptors (Lipinski definition) is 4. The van der Waals surface area contributed by atoms with Crippen molar-refractivity contribution in [3.8, 4) is 0 Å². The van der Waals surface area contributed by atoms with Crippen molar-refractivity contribution >= 4 is 17.6 Å².